The maximum Gasteiger partial charge on any atom is 0.161 e. The number of allylic oxidation sites excluding steroid dienone is 2. The third-order valence-electron chi connectivity index (χ3n) is 7.00. The summed E-state index contributed by atoms with van der Waals surface area (Å²) in [4.78, 5) is 0. The summed E-state index contributed by atoms with van der Waals surface area (Å²) in [5, 5.41) is 0. The van der Waals surface area contributed by atoms with Gasteiger partial charge in [-0.05, 0) is 73.9 Å². The van der Waals surface area contributed by atoms with Gasteiger partial charge in [-0.15, -0.1) is 0 Å². The molecule has 1 aliphatic heterocycles. The Balaban J connectivity index is 2.03. The summed E-state index contributed by atoms with van der Waals surface area (Å²) in [5.41, 5.74) is 5.53. The zero-order valence-corrected chi connectivity index (χ0v) is 23.2. The van der Waals surface area contributed by atoms with E-state index in [1.54, 1.807) is 7.11 Å². The Kier molecular flexibility index (Phi) is 13.3. The van der Waals surface area contributed by atoms with Gasteiger partial charge in [0.15, 0.2) is 11.5 Å². The standard InChI is InChI=1S/C32H50O3/c1-8-10-11-12-13-14-15-16-17-20-34-32-22-28(24(3)4)29(23-31(32)33-7)27(9-2)21-25(5)30-19-18-26(6)35-30/h21-23,26,30H,3,5,8-20H2,1-2,4,6-7H3/b27-21-. The first-order chi connectivity index (χ1) is 16.9. The lowest BCUT2D eigenvalue weighted by Crippen LogP contribution is -2.09. The van der Waals surface area contributed by atoms with Crippen LogP contribution in [0.1, 0.15) is 116 Å². The smallest absolute Gasteiger partial charge is 0.161 e. The van der Waals surface area contributed by atoms with Crippen molar-refractivity contribution in [3.8, 4) is 11.5 Å². The number of ether oxygens (including phenoxy) is 3. The Morgan fingerprint density at radius 3 is 2.11 bits per heavy atom. The second-order valence-corrected chi connectivity index (χ2v) is 10.1. The molecule has 0 aromatic heterocycles. The van der Waals surface area contributed by atoms with E-state index in [-0.39, 0.29) is 6.10 Å². The minimum absolute atomic E-state index is 0.112. The molecule has 35 heavy (non-hydrogen) atoms. The first kappa shape index (κ1) is 29.2. The molecule has 2 rings (SSSR count). The number of benzene rings is 1. The molecule has 0 amide bonds. The third kappa shape index (κ3) is 9.52. The summed E-state index contributed by atoms with van der Waals surface area (Å²) in [5.74, 6) is 1.58. The largest absolute Gasteiger partial charge is 0.493 e. The van der Waals surface area contributed by atoms with Gasteiger partial charge in [0.05, 0.1) is 25.9 Å². The second-order valence-electron chi connectivity index (χ2n) is 10.1. The highest BCUT2D eigenvalue weighted by Gasteiger charge is 2.24. The molecule has 1 fully saturated rings. The zero-order chi connectivity index (χ0) is 25.6. The fourth-order valence-electron chi connectivity index (χ4n) is 4.81. The number of hydrogen-bond acceptors (Lipinski definition) is 3. The minimum atomic E-state index is 0.112. The van der Waals surface area contributed by atoms with E-state index < -0.39 is 0 Å². The highest BCUT2D eigenvalue weighted by molar-refractivity contribution is 5.81. The quantitative estimate of drug-likeness (QED) is 0.163. The summed E-state index contributed by atoms with van der Waals surface area (Å²) in [6, 6.07) is 4.21. The highest BCUT2D eigenvalue weighted by atomic mass is 16.5. The highest BCUT2D eigenvalue weighted by Crippen LogP contribution is 2.38. The van der Waals surface area contributed by atoms with Gasteiger partial charge in [-0.1, -0.05) is 90.0 Å². The number of hydrogen-bond donors (Lipinski definition) is 0. The van der Waals surface area contributed by atoms with Crippen molar-refractivity contribution in [3.63, 3.8) is 0 Å². The molecule has 196 valence electrons. The molecule has 2 unspecified atom stereocenters. The van der Waals surface area contributed by atoms with Crippen LogP contribution in [0.5, 0.6) is 11.5 Å². The van der Waals surface area contributed by atoms with Gasteiger partial charge in [0.2, 0.25) is 0 Å². The SMILES string of the molecule is C=C(C)c1cc(OCCCCCCCCCCC)c(OC)cc1/C(=C\C(=C)C1CCC(C)O1)CC. The van der Waals surface area contributed by atoms with E-state index in [1.165, 1.54) is 56.9 Å². The van der Waals surface area contributed by atoms with E-state index in [1.807, 2.05) is 0 Å². The molecule has 1 aromatic carbocycles. The van der Waals surface area contributed by atoms with Crippen molar-refractivity contribution >= 4 is 11.1 Å². The minimum Gasteiger partial charge on any atom is -0.493 e. The zero-order valence-electron chi connectivity index (χ0n) is 23.2. The maximum absolute atomic E-state index is 6.20. The van der Waals surface area contributed by atoms with Gasteiger partial charge in [-0.25, -0.2) is 0 Å². The molecule has 2 atom stereocenters. The van der Waals surface area contributed by atoms with Crippen molar-refractivity contribution < 1.29 is 14.2 Å². The Hall–Kier alpha value is -2.00. The van der Waals surface area contributed by atoms with Crippen LogP contribution in [0.15, 0.2) is 36.9 Å². The lowest BCUT2D eigenvalue weighted by Gasteiger charge is -2.19. The van der Waals surface area contributed by atoms with Crippen molar-refractivity contribution in [1.82, 2.24) is 0 Å². The van der Waals surface area contributed by atoms with Gasteiger partial charge in [0.25, 0.3) is 0 Å². The fraction of sp³-hybridized carbons (Fsp3) is 0.625. The Bertz CT molecular complexity index is 835. The van der Waals surface area contributed by atoms with Crippen LogP contribution in [0.3, 0.4) is 0 Å². The summed E-state index contributed by atoms with van der Waals surface area (Å²) in [6.45, 7) is 17.9. The van der Waals surface area contributed by atoms with E-state index in [0.29, 0.717) is 12.7 Å². The number of unbranched alkanes of at least 4 members (excludes halogenated alkanes) is 8. The van der Waals surface area contributed by atoms with Crippen LogP contribution in [0.4, 0.5) is 0 Å². The molecule has 0 bridgehead atoms. The molecule has 3 nitrogen and oxygen atoms in total. The number of methoxy groups -OCH3 is 1. The molecule has 1 saturated heterocycles. The predicted molar refractivity (Wildman–Crippen MR) is 151 cm³/mol. The normalized spacial score (nSPS) is 18.0. The van der Waals surface area contributed by atoms with Crippen molar-refractivity contribution in [1.29, 1.82) is 0 Å². The third-order valence-corrected chi connectivity index (χ3v) is 7.00. The van der Waals surface area contributed by atoms with Gasteiger partial charge >= 0.3 is 0 Å². The molecule has 3 heteroatoms. The Labute approximate surface area is 215 Å². The Morgan fingerprint density at radius 2 is 1.57 bits per heavy atom. The summed E-state index contributed by atoms with van der Waals surface area (Å²) >= 11 is 0. The van der Waals surface area contributed by atoms with Crippen LogP contribution < -0.4 is 9.47 Å². The average molecular weight is 483 g/mol. The van der Waals surface area contributed by atoms with Crippen LogP contribution in [-0.2, 0) is 4.74 Å². The van der Waals surface area contributed by atoms with Gasteiger partial charge < -0.3 is 14.2 Å². The molecule has 1 aliphatic rings. The van der Waals surface area contributed by atoms with Crippen LogP contribution in [0.25, 0.3) is 11.1 Å². The number of rotatable bonds is 17. The molecule has 0 spiro atoms. The maximum atomic E-state index is 6.20. The van der Waals surface area contributed by atoms with E-state index in [2.05, 4.69) is 59.1 Å². The van der Waals surface area contributed by atoms with Crippen LogP contribution in [0, 0.1) is 0 Å². The van der Waals surface area contributed by atoms with Gasteiger partial charge in [0.1, 0.15) is 0 Å². The van der Waals surface area contributed by atoms with Crippen molar-refractivity contribution in [2.75, 3.05) is 13.7 Å². The van der Waals surface area contributed by atoms with Crippen molar-refractivity contribution in [3.05, 3.63) is 48.1 Å². The average Bonchev–Trinajstić information content (AvgIpc) is 3.29. The molecule has 1 aromatic rings. The van der Waals surface area contributed by atoms with Gasteiger partial charge in [-0.2, -0.15) is 0 Å². The molecule has 1 heterocycles. The monoisotopic (exact) mass is 482 g/mol. The van der Waals surface area contributed by atoms with E-state index >= 15 is 0 Å². The lowest BCUT2D eigenvalue weighted by atomic mass is 9.91. The van der Waals surface area contributed by atoms with Crippen LogP contribution in [-0.4, -0.2) is 25.9 Å². The lowest BCUT2D eigenvalue weighted by molar-refractivity contribution is 0.0790. The molecule has 0 radical (unpaired) electrons. The first-order valence-electron chi connectivity index (χ1n) is 14.0. The molecular weight excluding hydrogens is 432 g/mol. The molecule has 0 aliphatic carbocycles. The predicted octanol–water partition coefficient (Wildman–Crippen LogP) is 9.55. The fourth-order valence-corrected chi connectivity index (χ4v) is 4.81. The molecule has 0 saturated carbocycles. The first-order valence-corrected chi connectivity index (χ1v) is 14.0. The summed E-state index contributed by atoms with van der Waals surface area (Å²) in [6.07, 6.45) is 17.4. The summed E-state index contributed by atoms with van der Waals surface area (Å²) < 4.78 is 18.0. The van der Waals surface area contributed by atoms with Gasteiger partial charge in [-0.3, -0.25) is 0 Å². The second kappa shape index (κ2) is 15.9. The van der Waals surface area contributed by atoms with E-state index in [9.17, 15) is 0 Å². The van der Waals surface area contributed by atoms with E-state index in [4.69, 9.17) is 14.2 Å². The van der Waals surface area contributed by atoms with Crippen LogP contribution in [0.2, 0.25) is 0 Å². The summed E-state index contributed by atoms with van der Waals surface area (Å²) in [7, 11) is 1.72. The molecular formula is C32H50O3. The van der Waals surface area contributed by atoms with Gasteiger partial charge in [0, 0.05) is 0 Å². The topological polar surface area (TPSA) is 27.7 Å². The Morgan fingerprint density at radius 1 is 0.943 bits per heavy atom. The molecule has 0 N–H and O–H groups in total. The van der Waals surface area contributed by atoms with Crippen LogP contribution >= 0.6 is 0 Å². The van der Waals surface area contributed by atoms with E-state index in [0.717, 1.165) is 59.5 Å². The van der Waals surface area contributed by atoms with Crippen molar-refractivity contribution in [2.24, 2.45) is 0 Å². The van der Waals surface area contributed by atoms with Crippen molar-refractivity contribution in [2.45, 2.75) is 117 Å².